The molecule has 1 aliphatic heterocycles. The van der Waals surface area contributed by atoms with E-state index in [-0.39, 0.29) is 22.4 Å². The third-order valence-electron chi connectivity index (χ3n) is 4.47. The first-order chi connectivity index (χ1) is 16.8. The van der Waals surface area contributed by atoms with Gasteiger partial charge in [0.15, 0.2) is 22.8 Å². The Balaban J connectivity index is 1.75. The molecule has 0 spiro atoms. The molecule has 1 fully saturated rings. The van der Waals surface area contributed by atoms with E-state index in [4.69, 9.17) is 15.4 Å². The molecule has 22 heteroatoms. The van der Waals surface area contributed by atoms with Crippen molar-refractivity contribution in [2.24, 2.45) is 5.41 Å². The molecule has 1 aliphatic rings. The van der Waals surface area contributed by atoms with Crippen molar-refractivity contribution in [3.63, 3.8) is 0 Å². The van der Waals surface area contributed by atoms with E-state index in [0.29, 0.717) is 10.9 Å². The number of aliphatic hydroxyl groups excluding tert-OH is 2. The Labute approximate surface area is 213 Å². The van der Waals surface area contributed by atoms with E-state index in [2.05, 4.69) is 28.1 Å². The molecule has 3 unspecified atom stereocenters. The highest BCUT2D eigenvalue weighted by molar-refractivity contribution is 7.99. The quantitative estimate of drug-likeness (QED) is 0.137. The minimum Gasteiger partial charge on any atom is -0.756 e. The predicted molar refractivity (Wildman–Crippen MR) is 119 cm³/mol. The van der Waals surface area contributed by atoms with Gasteiger partial charge in [-0.15, -0.1) is 0 Å². The summed E-state index contributed by atoms with van der Waals surface area (Å²) in [5.74, 6) is 0.697. The number of nitrogen functional groups attached to an aromatic ring is 1. The first-order valence-corrected chi connectivity index (χ1v) is 15.5. The van der Waals surface area contributed by atoms with E-state index in [1.165, 1.54) is 22.7 Å². The van der Waals surface area contributed by atoms with Crippen molar-refractivity contribution in [3.8, 4) is 0 Å². The smallest absolute Gasteiger partial charge is 0.280 e. The molecule has 210 valence electrons. The van der Waals surface area contributed by atoms with E-state index in [1.54, 1.807) is 0 Å². The third kappa shape index (κ3) is 8.24. The maximum absolute atomic E-state index is 11.8. The molecule has 7 atom stereocenters. The average Bonchev–Trinajstić information content (AvgIpc) is 3.23. The molecular formula is C15H23N5O13P3S-3. The standard InChI is InChI=1S/C15H26N5O13P3S/c1-15(2,3)5-37-14-18-11(16)8-12(19-14)20(6-17-8)13-10(22)9(21)7(31-13)4-30-35(26,27)33-36(28,29)32-34(23,24)25/h6-7,9-10,13,21-22H,4-5H2,1-3H3,(H,26,27)(H,28,29)(H2,16,18,19)(H2,23,24,25)/p-3/t7-,9-,10-,13-/m1/s1. The number of phosphoric ester groups is 1. The SMILES string of the molecule is CC(C)(C)CSc1nc(N)c2ncn([C@@H]3O[C@H](COP(=O)([O-])OP(=O)([O-])OP(=O)([O-])O)[C@@H](O)[C@H]3O)c2n1. The summed E-state index contributed by atoms with van der Waals surface area (Å²) in [5, 5.41) is 21.1. The van der Waals surface area contributed by atoms with Gasteiger partial charge in [-0.25, -0.2) is 23.6 Å². The molecule has 2 aromatic heterocycles. The number of ether oxygens (including phenoxy) is 1. The van der Waals surface area contributed by atoms with Crippen LogP contribution in [-0.4, -0.2) is 65.3 Å². The normalized spacial score (nSPS) is 27.6. The minimum atomic E-state index is -6.10. The molecule has 3 rings (SSSR count). The zero-order chi connectivity index (χ0) is 28.0. The Hall–Kier alpha value is -1.01. The maximum Gasteiger partial charge on any atom is 0.280 e. The van der Waals surface area contributed by atoms with Crippen molar-refractivity contribution in [2.45, 2.75) is 50.5 Å². The summed E-state index contributed by atoms with van der Waals surface area (Å²) in [4.78, 5) is 54.7. The van der Waals surface area contributed by atoms with Crippen LogP contribution in [0.5, 0.6) is 0 Å². The van der Waals surface area contributed by atoms with Crippen LogP contribution < -0.4 is 20.4 Å². The molecule has 0 aliphatic carbocycles. The van der Waals surface area contributed by atoms with Gasteiger partial charge in [-0.3, -0.25) is 18.3 Å². The second-order valence-electron chi connectivity index (χ2n) is 8.93. The van der Waals surface area contributed by atoms with Gasteiger partial charge in [0.2, 0.25) is 0 Å². The van der Waals surface area contributed by atoms with Crippen LogP contribution >= 0.6 is 35.2 Å². The second kappa shape index (κ2) is 10.9. The Morgan fingerprint density at radius 2 is 1.78 bits per heavy atom. The zero-order valence-corrected chi connectivity index (χ0v) is 22.8. The number of anilines is 1. The van der Waals surface area contributed by atoms with E-state index < -0.39 is 54.6 Å². The molecular weight excluding hydrogens is 583 g/mol. The Bertz CT molecular complexity index is 1280. The van der Waals surface area contributed by atoms with Crippen LogP contribution in [0.4, 0.5) is 5.82 Å². The predicted octanol–water partition coefficient (Wildman–Crippen LogP) is -1.39. The maximum atomic E-state index is 11.8. The number of hydrogen-bond acceptors (Lipinski definition) is 17. The number of nitrogens with two attached hydrogens (primary N) is 1. The summed E-state index contributed by atoms with van der Waals surface area (Å²) in [6.45, 7) is 4.98. The number of hydrogen-bond donors (Lipinski definition) is 4. The number of aliphatic hydroxyl groups is 2. The number of thioether (sulfide) groups is 1. The first-order valence-electron chi connectivity index (χ1n) is 10.1. The van der Waals surface area contributed by atoms with E-state index in [9.17, 15) is 38.6 Å². The molecule has 2 aromatic rings. The molecule has 0 aromatic carbocycles. The molecule has 0 bridgehead atoms. The van der Waals surface area contributed by atoms with Gasteiger partial charge in [0.1, 0.15) is 23.8 Å². The summed E-state index contributed by atoms with van der Waals surface area (Å²) in [6.07, 6.45) is -5.10. The third-order valence-corrected chi connectivity index (χ3v) is 9.62. The van der Waals surface area contributed by atoms with Crippen molar-refractivity contribution < 1.29 is 61.4 Å². The zero-order valence-electron chi connectivity index (χ0n) is 19.3. The number of rotatable bonds is 10. The Kier molecular flexibility index (Phi) is 8.97. The summed E-state index contributed by atoms with van der Waals surface area (Å²) >= 11 is 1.32. The van der Waals surface area contributed by atoms with Crippen LogP contribution in [0.1, 0.15) is 27.0 Å². The molecule has 0 radical (unpaired) electrons. The number of nitrogens with zero attached hydrogens (tertiary/aromatic N) is 4. The number of imidazole rings is 1. The topological polar surface area (TPSA) is 288 Å². The fourth-order valence-electron chi connectivity index (χ4n) is 3.00. The summed E-state index contributed by atoms with van der Waals surface area (Å²) in [5.41, 5.74) is 6.25. The van der Waals surface area contributed by atoms with Crippen LogP contribution in [0.15, 0.2) is 11.5 Å². The highest BCUT2D eigenvalue weighted by Gasteiger charge is 2.45. The van der Waals surface area contributed by atoms with Gasteiger partial charge in [0, 0.05) is 5.75 Å². The molecule has 3 heterocycles. The van der Waals surface area contributed by atoms with Gasteiger partial charge < -0.3 is 44.8 Å². The second-order valence-corrected chi connectivity index (χ2v) is 14.2. The largest absolute Gasteiger partial charge is 0.756 e. The molecule has 18 nitrogen and oxygen atoms in total. The fourth-order valence-corrected chi connectivity index (χ4v) is 6.77. The van der Waals surface area contributed by atoms with Crippen LogP contribution in [0.2, 0.25) is 0 Å². The lowest BCUT2D eigenvalue weighted by Crippen LogP contribution is -2.34. The van der Waals surface area contributed by atoms with Gasteiger partial charge in [-0.1, -0.05) is 32.5 Å². The van der Waals surface area contributed by atoms with E-state index in [0.717, 1.165) is 0 Å². The van der Waals surface area contributed by atoms with Gasteiger partial charge in [-0.2, -0.15) is 0 Å². The minimum absolute atomic E-state index is 0.0484. The Morgan fingerprint density at radius 1 is 1.14 bits per heavy atom. The fraction of sp³-hybridized carbons (Fsp3) is 0.667. The van der Waals surface area contributed by atoms with Crippen molar-refractivity contribution in [2.75, 3.05) is 18.1 Å². The summed E-state index contributed by atoms with van der Waals surface area (Å²) in [6, 6.07) is 0. The first kappa shape index (κ1) is 30.5. The van der Waals surface area contributed by atoms with Crippen molar-refractivity contribution >= 4 is 52.2 Å². The van der Waals surface area contributed by atoms with Crippen molar-refractivity contribution in [1.29, 1.82) is 0 Å². The number of phosphoric acid groups is 3. The number of aromatic nitrogens is 4. The summed E-state index contributed by atoms with van der Waals surface area (Å²) < 4.78 is 51.3. The summed E-state index contributed by atoms with van der Waals surface area (Å²) in [7, 11) is -17.8. The van der Waals surface area contributed by atoms with Gasteiger partial charge in [0.05, 0.1) is 12.9 Å². The molecule has 37 heavy (non-hydrogen) atoms. The van der Waals surface area contributed by atoms with Crippen LogP contribution in [-0.2, 0) is 31.6 Å². The Morgan fingerprint density at radius 3 is 2.38 bits per heavy atom. The molecule has 5 N–H and O–H groups in total. The monoisotopic (exact) mass is 606 g/mol. The van der Waals surface area contributed by atoms with Gasteiger partial charge in [-0.05, 0) is 5.41 Å². The molecule has 0 saturated carbocycles. The number of fused-ring (bicyclic) bond motifs is 1. The van der Waals surface area contributed by atoms with E-state index >= 15 is 0 Å². The lowest BCUT2D eigenvalue weighted by atomic mass is 10.0. The van der Waals surface area contributed by atoms with Crippen LogP contribution in [0.25, 0.3) is 11.2 Å². The van der Waals surface area contributed by atoms with Crippen LogP contribution in [0.3, 0.4) is 0 Å². The van der Waals surface area contributed by atoms with Gasteiger partial charge >= 0.3 is 0 Å². The molecule has 1 saturated heterocycles. The lowest BCUT2D eigenvalue weighted by molar-refractivity contribution is -0.250. The highest BCUT2D eigenvalue weighted by Crippen LogP contribution is 2.61. The molecule has 0 amide bonds. The average molecular weight is 606 g/mol. The van der Waals surface area contributed by atoms with Crippen molar-refractivity contribution in [1.82, 2.24) is 19.5 Å². The van der Waals surface area contributed by atoms with E-state index in [1.807, 2.05) is 20.8 Å². The van der Waals surface area contributed by atoms with Crippen LogP contribution in [0, 0.1) is 5.41 Å². The van der Waals surface area contributed by atoms with Gasteiger partial charge in [0.25, 0.3) is 23.5 Å². The highest BCUT2D eigenvalue weighted by atomic mass is 32.2. The lowest BCUT2D eigenvalue weighted by Gasteiger charge is -2.33. The van der Waals surface area contributed by atoms with Crippen molar-refractivity contribution in [3.05, 3.63) is 6.33 Å².